The number of hydrogen-bond acceptors (Lipinski definition) is 1. The van der Waals surface area contributed by atoms with E-state index in [-0.39, 0.29) is 5.41 Å². The van der Waals surface area contributed by atoms with Crippen LogP contribution in [0.1, 0.15) is 35.6 Å². The molecule has 1 aliphatic heterocycles. The molecule has 12 rings (SSSR count). The molecule has 3 aliphatic carbocycles. The largest absolute Gasteiger partial charge is 0.456 e. The van der Waals surface area contributed by atoms with Gasteiger partial charge in [-0.3, -0.25) is 0 Å². The summed E-state index contributed by atoms with van der Waals surface area (Å²) in [4.78, 5) is 0. The van der Waals surface area contributed by atoms with Gasteiger partial charge < -0.3 is 4.74 Å². The second-order valence-corrected chi connectivity index (χ2v) is 15.2. The zero-order chi connectivity index (χ0) is 34.8. The van der Waals surface area contributed by atoms with Crippen molar-refractivity contribution in [3.05, 3.63) is 198 Å². The highest BCUT2D eigenvalue weighted by molar-refractivity contribution is 6.10. The SMILES string of the molecule is CC1C=CC2=C(C1)C1(c3ccccc32)c2ccccc2-c2ccc(-c3ccc(-c4cc5c6c(cccc6c4)Oc4ccccc4-5)c4ccccc34)cc21. The highest BCUT2D eigenvalue weighted by Crippen LogP contribution is 2.64. The molecule has 53 heavy (non-hydrogen) atoms. The zero-order valence-electron chi connectivity index (χ0n) is 29.4. The zero-order valence-corrected chi connectivity index (χ0v) is 29.4. The van der Waals surface area contributed by atoms with Crippen molar-refractivity contribution in [3.8, 4) is 56.0 Å². The van der Waals surface area contributed by atoms with Gasteiger partial charge in [0.2, 0.25) is 0 Å². The molecule has 0 amide bonds. The Kier molecular flexibility index (Phi) is 5.81. The summed E-state index contributed by atoms with van der Waals surface area (Å²) in [6.07, 6.45) is 5.86. The van der Waals surface area contributed by atoms with Crippen molar-refractivity contribution >= 4 is 27.1 Å². The van der Waals surface area contributed by atoms with E-state index in [1.807, 2.05) is 6.07 Å². The topological polar surface area (TPSA) is 9.23 Å². The summed E-state index contributed by atoms with van der Waals surface area (Å²) in [7, 11) is 0. The third-order valence-electron chi connectivity index (χ3n) is 12.4. The summed E-state index contributed by atoms with van der Waals surface area (Å²) in [5.41, 5.74) is 18.3. The third kappa shape index (κ3) is 3.81. The van der Waals surface area contributed by atoms with Crippen LogP contribution in [0, 0.1) is 5.92 Å². The average Bonchev–Trinajstić information content (AvgIpc) is 3.67. The first-order valence-corrected chi connectivity index (χ1v) is 18.8. The normalized spacial score (nSPS) is 18.5. The van der Waals surface area contributed by atoms with E-state index in [0.29, 0.717) is 5.92 Å². The summed E-state index contributed by atoms with van der Waals surface area (Å²) in [5.74, 6) is 2.33. The molecule has 2 atom stereocenters. The molecule has 0 bridgehead atoms. The maximum absolute atomic E-state index is 6.36. The average molecular weight is 675 g/mol. The lowest BCUT2D eigenvalue weighted by Gasteiger charge is -2.34. The molecule has 8 aromatic rings. The maximum atomic E-state index is 6.36. The second-order valence-electron chi connectivity index (χ2n) is 15.2. The summed E-state index contributed by atoms with van der Waals surface area (Å²) >= 11 is 0. The molecule has 8 aromatic carbocycles. The maximum Gasteiger partial charge on any atom is 0.135 e. The fourth-order valence-electron chi connectivity index (χ4n) is 10.3. The predicted molar refractivity (Wildman–Crippen MR) is 219 cm³/mol. The first kappa shape index (κ1) is 29.2. The van der Waals surface area contributed by atoms with Gasteiger partial charge in [-0.2, -0.15) is 0 Å². The molecular formula is C52H34O. The Morgan fingerprint density at radius 2 is 1.13 bits per heavy atom. The van der Waals surface area contributed by atoms with Gasteiger partial charge in [-0.15, -0.1) is 0 Å². The molecule has 1 heterocycles. The van der Waals surface area contributed by atoms with Crippen LogP contribution in [-0.4, -0.2) is 0 Å². The van der Waals surface area contributed by atoms with E-state index in [1.165, 1.54) is 88.3 Å². The van der Waals surface area contributed by atoms with Gasteiger partial charge in [0.25, 0.3) is 0 Å². The summed E-state index contributed by atoms with van der Waals surface area (Å²) in [6, 6.07) is 58.8. The van der Waals surface area contributed by atoms with Gasteiger partial charge in [-0.05, 0) is 131 Å². The lowest BCUT2D eigenvalue weighted by Crippen LogP contribution is -2.28. The van der Waals surface area contributed by atoms with Crippen molar-refractivity contribution in [2.45, 2.75) is 18.8 Å². The molecule has 248 valence electrons. The van der Waals surface area contributed by atoms with E-state index >= 15 is 0 Å². The van der Waals surface area contributed by atoms with Gasteiger partial charge in [-0.25, -0.2) is 0 Å². The Balaban J connectivity index is 1.08. The first-order chi connectivity index (χ1) is 26.2. The van der Waals surface area contributed by atoms with Crippen LogP contribution >= 0.6 is 0 Å². The Labute approximate surface area is 309 Å². The van der Waals surface area contributed by atoms with Crippen LogP contribution in [0.2, 0.25) is 0 Å². The van der Waals surface area contributed by atoms with Gasteiger partial charge in [0.15, 0.2) is 0 Å². The van der Waals surface area contributed by atoms with Gasteiger partial charge in [0.05, 0.1) is 5.41 Å². The molecule has 1 heteroatoms. The molecule has 1 nitrogen and oxygen atoms in total. The molecule has 2 unspecified atom stereocenters. The monoisotopic (exact) mass is 674 g/mol. The van der Waals surface area contributed by atoms with Crippen molar-refractivity contribution in [3.63, 3.8) is 0 Å². The minimum atomic E-state index is -0.298. The summed E-state index contributed by atoms with van der Waals surface area (Å²) < 4.78 is 6.36. The minimum Gasteiger partial charge on any atom is -0.456 e. The van der Waals surface area contributed by atoms with Crippen LogP contribution in [0.5, 0.6) is 11.5 Å². The van der Waals surface area contributed by atoms with E-state index in [1.54, 1.807) is 5.57 Å². The third-order valence-corrected chi connectivity index (χ3v) is 12.4. The number of hydrogen-bond donors (Lipinski definition) is 0. The molecule has 0 N–H and O–H groups in total. The van der Waals surface area contributed by atoms with Crippen molar-refractivity contribution < 1.29 is 4.74 Å². The quantitative estimate of drug-likeness (QED) is 0.177. The Hall–Kier alpha value is -6.44. The number of ether oxygens (including phenoxy) is 1. The fraction of sp³-hybridized carbons (Fsp3) is 0.0769. The van der Waals surface area contributed by atoms with E-state index in [9.17, 15) is 0 Å². The Bertz CT molecular complexity index is 2970. The van der Waals surface area contributed by atoms with Crippen LogP contribution in [0.4, 0.5) is 0 Å². The van der Waals surface area contributed by atoms with E-state index < -0.39 is 0 Å². The summed E-state index contributed by atoms with van der Waals surface area (Å²) in [5, 5.41) is 4.90. The Morgan fingerprint density at radius 3 is 1.96 bits per heavy atom. The van der Waals surface area contributed by atoms with Crippen LogP contribution in [0.25, 0.3) is 71.6 Å². The number of fused-ring (bicyclic) bond motifs is 12. The lowest BCUT2D eigenvalue weighted by molar-refractivity contribution is 0.487. The highest BCUT2D eigenvalue weighted by Gasteiger charge is 2.53. The molecule has 0 aromatic heterocycles. The van der Waals surface area contributed by atoms with Crippen LogP contribution in [0.3, 0.4) is 0 Å². The van der Waals surface area contributed by atoms with Crippen molar-refractivity contribution in [2.75, 3.05) is 0 Å². The molecule has 1 spiro atoms. The van der Waals surface area contributed by atoms with Gasteiger partial charge in [0.1, 0.15) is 11.5 Å². The van der Waals surface area contributed by atoms with Gasteiger partial charge >= 0.3 is 0 Å². The predicted octanol–water partition coefficient (Wildman–Crippen LogP) is 13.8. The molecule has 0 fully saturated rings. The smallest absolute Gasteiger partial charge is 0.135 e. The number of benzene rings is 8. The van der Waals surface area contributed by atoms with E-state index in [0.717, 1.165) is 23.5 Å². The van der Waals surface area contributed by atoms with Crippen molar-refractivity contribution in [2.24, 2.45) is 5.92 Å². The van der Waals surface area contributed by atoms with E-state index in [2.05, 4.69) is 171 Å². The van der Waals surface area contributed by atoms with E-state index in [4.69, 9.17) is 4.74 Å². The lowest BCUT2D eigenvalue weighted by atomic mass is 9.67. The van der Waals surface area contributed by atoms with Crippen LogP contribution < -0.4 is 4.74 Å². The molecule has 0 radical (unpaired) electrons. The number of para-hydroxylation sites is 1. The second kappa shape index (κ2) is 10.6. The fourth-order valence-corrected chi connectivity index (χ4v) is 10.3. The highest BCUT2D eigenvalue weighted by atomic mass is 16.5. The summed E-state index contributed by atoms with van der Waals surface area (Å²) in [6.45, 7) is 2.36. The standard InChI is InChI=1S/C52H34O/c1-31-21-23-41-39-14-4-7-17-45(39)52(47(41)27-31)46-18-8-5-15-40(46)42-24-22-32(30-48(42)52)35-25-26-36(38-13-3-2-12-37(35)38)34-28-33-11-10-20-50-51(33)44(29-34)43-16-6-9-19-49(43)53-50/h2-26,28-31H,27H2,1H3. The van der Waals surface area contributed by atoms with Crippen molar-refractivity contribution in [1.82, 2.24) is 0 Å². The minimum absolute atomic E-state index is 0.298. The molecule has 0 saturated heterocycles. The van der Waals surface area contributed by atoms with Gasteiger partial charge in [0, 0.05) is 10.9 Å². The van der Waals surface area contributed by atoms with Crippen molar-refractivity contribution in [1.29, 1.82) is 0 Å². The molecule has 0 saturated carbocycles. The molecular weight excluding hydrogens is 641 g/mol. The molecule has 4 aliphatic rings. The van der Waals surface area contributed by atoms with Crippen LogP contribution in [-0.2, 0) is 5.41 Å². The number of rotatable bonds is 2. The van der Waals surface area contributed by atoms with Gasteiger partial charge in [-0.1, -0.05) is 146 Å². The van der Waals surface area contributed by atoms with Crippen LogP contribution in [0.15, 0.2) is 175 Å². The number of allylic oxidation sites excluding steroid dienone is 4. The first-order valence-electron chi connectivity index (χ1n) is 18.8. The Morgan fingerprint density at radius 1 is 0.491 bits per heavy atom.